The van der Waals surface area contributed by atoms with Crippen molar-refractivity contribution in [2.24, 2.45) is 5.41 Å². The molecule has 1 heterocycles. The van der Waals surface area contributed by atoms with Gasteiger partial charge < -0.3 is 10.2 Å². The van der Waals surface area contributed by atoms with E-state index < -0.39 is 0 Å². The van der Waals surface area contributed by atoms with Crippen LogP contribution in [0.25, 0.3) is 0 Å². The number of hydrogen-bond acceptors (Lipinski definition) is 2. The number of nitrogens with zero attached hydrogens (tertiary/aromatic N) is 1. The Labute approximate surface area is 88.1 Å². The van der Waals surface area contributed by atoms with Crippen molar-refractivity contribution in [1.82, 2.24) is 10.2 Å². The fourth-order valence-corrected chi connectivity index (χ4v) is 2.57. The van der Waals surface area contributed by atoms with Crippen molar-refractivity contribution in [3.63, 3.8) is 0 Å². The van der Waals surface area contributed by atoms with Crippen LogP contribution in [0.2, 0.25) is 0 Å². The lowest BCUT2D eigenvalue weighted by Crippen LogP contribution is -2.47. The minimum absolute atomic E-state index is 0.689. The van der Waals surface area contributed by atoms with E-state index >= 15 is 0 Å². The molecule has 2 rings (SSSR count). The molecule has 2 fully saturated rings. The smallest absolute Gasteiger partial charge is 0.0195 e. The van der Waals surface area contributed by atoms with Gasteiger partial charge in [0.1, 0.15) is 0 Å². The molecule has 1 N–H and O–H groups in total. The zero-order chi connectivity index (χ0) is 10.0. The molecule has 2 heteroatoms. The first kappa shape index (κ1) is 10.4. The molecule has 1 unspecified atom stereocenters. The molecule has 2 nitrogen and oxygen atoms in total. The van der Waals surface area contributed by atoms with Crippen LogP contribution >= 0.6 is 0 Å². The van der Waals surface area contributed by atoms with Gasteiger partial charge in [-0.05, 0) is 44.2 Å². The average molecular weight is 196 g/mol. The molecule has 0 amide bonds. The average Bonchev–Trinajstić information content (AvgIpc) is 2.84. The van der Waals surface area contributed by atoms with Gasteiger partial charge in [-0.25, -0.2) is 0 Å². The maximum Gasteiger partial charge on any atom is 0.0195 e. The monoisotopic (exact) mass is 196 g/mol. The highest BCUT2D eigenvalue weighted by atomic mass is 15.2. The summed E-state index contributed by atoms with van der Waals surface area (Å²) in [6, 6.07) is 0.760. The van der Waals surface area contributed by atoms with Gasteiger partial charge in [0.2, 0.25) is 0 Å². The normalized spacial score (nSPS) is 31.7. The topological polar surface area (TPSA) is 15.3 Å². The second kappa shape index (κ2) is 4.19. The molecule has 0 aromatic rings. The summed E-state index contributed by atoms with van der Waals surface area (Å²) in [5.41, 5.74) is 0.689. The first-order valence-electron chi connectivity index (χ1n) is 6.18. The van der Waals surface area contributed by atoms with Gasteiger partial charge in [-0.1, -0.05) is 13.8 Å². The lowest BCUT2D eigenvalue weighted by molar-refractivity contribution is 0.164. The number of piperidine rings is 1. The van der Waals surface area contributed by atoms with Crippen molar-refractivity contribution in [1.29, 1.82) is 0 Å². The highest BCUT2D eigenvalue weighted by Gasteiger charge is 2.39. The van der Waals surface area contributed by atoms with Crippen LogP contribution < -0.4 is 5.32 Å². The van der Waals surface area contributed by atoms with E-state index in [0.29, 0.717) is 5.41 Å². The van der Waals surface area contributed by atoms with E-state index in [4.69, 9.17) is 0 Å². The van der Waals surface area contributed by atoms with Crippen LogP contribution in [-0.2, 0) is 0 Å². The predicted octanol–water partition coefficient (Wildman–Crippen LogP) is 1.86. The van der Waals surface area contributed by atoms with Gasteiger partial charge in [-0.15, -0.1) is 0 Å². The van der Waals surface area contributed by atoms with Crippen LogP contribution in [0.4, 0.5) is 0 Å². The molecule has 0 radical (unpaired) electrons. The van der Waals surface area contributed by atoms with Crippen LogP contribution in [-0.4, -0.2) is 37.1 Å². The molecular formula is C12H24N2. The van der Waals surface area contributed by atoms with Crippen LogP contribution in [0.1, 0.15) is 39.5 Å². The van der Waals surface area contributed by atoms with Crippen LogP contribution in [0.3, 0.4) is 0 Å². The van der Waals surface area contributed by atoms with E-state index in [9.17, 15) is 0 Å². The number of nitrogens with one attached hydrogen (secondary N) is 1. The van der Waals surface area contributed by atoms with Gasteiger partial charge in [-0.3, -0.25) is 0 Å². The first-order valence-corrected chi connectivity index (χ1v) is 6.18. The summed E-state index contributed by atoms with van der Waals surface area (Å²) in [5.74, 6) is 0. The lowest BCUT2D eigenvalue weighted by atomic mass is 10.0. The van der Waals surface area contributed by atoms with Crippen molar-refractivity contribution >= 4 is 0 Å². The Kier molecular flexibility index (Phi) is 3.13. The second-order valence-corrected chi connectivity index (χ2v) is 5.44. The quantitative estimate of drug-likeness (QED) is 0.738. The van der Waals surface area contributed by atoms with E-state index in [0.717, 1.165) is 12.6 Å². The summed E-state index contributed by atoms with van der Waals surface area (Å²) in [6.45, 7) is 9.72. The van der Waals surface area contributed by atoms with Crippen molar-refractivity contribution in [3.8, 4) is 0 Å². The first-order chi connectivity index (χ1) is 6.72. The molecule has 2 aliphatic rings. The van der Waals surface area contributed by atoms with E-state index in [1.165, 1.54) is 45.3 Å². The van der Waals surface area contributed by atoms with Crippen molar-refractivity contribution in [2.75, 3.05) is 26.2 Å². The summed E-state index contributed by atoms with van der Waals surface area (Å²) < 4.78 is 0. The highest BCUT2D eigenvalue weighted by molar-refractivity contribution is 4.92. The third-order valence-corrected chi connectivity index (χ3v) is 3.71. The summed E-state index contributed by atoms with van der Waals surface area (Å²) >= 11 is 0. The van der Waals surface area contributed by atoms with Crippen molar-refractivity contribution < 1.29 is 0 Å². The van der Waals surface area contributed by atoms with E-state index in [1.54, 1.807) is 0 Å². The zero-order valence-electron chi connectivity index (χ0n) is 9.68. The largest absolute Gasteiger partial charge is 0.313 e. The predicted molar refractivity (Wildman–Crippen MR) is 60.5 cm³/mol. The minimum atomic E-state index is 0.689. The Morgan fingerprint density at radius 3 is 2.86 bits per heavy atom. The fraction of sp³-hybridized carbons (Fsp3) is 1.00. The maximum absolute atomic E-state index is 3.58. The van der Waals surface area contributed by atoms with Gasteiger partial charge in [0.25, 0.3) is 0 Å². The fourth-order valence-electron chi connectivity index (χ4n) is 2.57. The Balaban J connectivity index is 1.75. The Morgan fingerprint density at radius 2 is 2.21 bits per heavy atom. The van der Waals surface area contributed by atoms with Crippen LogP contribution in [0.15, 0.2) is 0 Å². The highest BCUT2D eigenvalue weighted by Crippen LogP contribution is 2.45. The van der Waals surface area contributed by atoms with Gasteiger partial charge in [0.05, 0.1) is 0 Å². The number of hydrogen-bond donors (Lipinski definition) is 1. The molecule has 82 valence electrons. The van der Waals surface area contributed by atoms with Crippen LogP contribution in [0, 0.1) is 5.41 Å². The molecule has 1 aliphatic carbocycles. The summed E-state index contributed by atoms with van der Waals surface area (Å²) in [7, 11) is 0. The summed E-state index contributed by atoms with van der Waals surface area (Å²) in [6.07, 6.45) is 5.67. The third-order valence-electron chi connectivity index (χ3n) is 3.71. The zero-order valence-corrected chi connectivity index (χ0v) is 9.68. The lowest BCUT2D eigenvalue weighted by Gasteiger charge is -2.34. The molecule has 1 saturated carbocycles. The van der Waals surface area contributed by atoms with Crippen molar-refractivity contribution in [2.45, 2.75) is 45.6 Å². The molecular weight excluding hydrogens is 172 g/mol. The molecule has 14 heavy (non-hydrogen) atoms. The van der Waals surface area contributed by atoms with Gasteiger partial charge in [0, 0.05) is 19.1 Å². The molecule has 1 atom stereocenters. The minimum Gasteiger partial charge on any atom is -0.313 e. The Hall–Kier alpha value is -0.0800. The van der Waals surface area contributed by atoms with Gasteiger partial charge >= 0.3 is 0 Å². The standard InChI is InChI=1S/C12H24N2/c1-3-13-11-5-4-8-14(9-11)10-12(2)6-7-12/h11,13H,3-10H2,1-2H3. The van der Waals surface area contributed by atoms with Gasteiger partial charge in [0.15, 0.2) is 0 Å². The van der Waals surface area contributed by atoms with Crippen molar-refractivity contribution in [3.05, 3.63) is 0 Å². The molecule has 0 spiro atoms. The van der Waals surface area contributed by atoms with E-state index in [1.807, 2.05) is 0 Å². The van der Waals surface area contributed by atoms with Gasteiger partial charge in [-0.2, -0.15) is 0 Å². The maximum atomic E-state index is 3.58. The Morgan fingerprint density at radius 1 is 1.43 bits per heavy atom. The Bertz CT molecular complexity index is 185. The van der Waals surface area contributed by atoms with E-state index in [2.05, 4.69) is 24.1 Å². The second-order valence-electron chi connectivity index (χ2n) is 5.44. The SMILES string of the molecule is CCNC1CCCN(CC2(C)CC2)C1. The molecule has 1 aliphatic heterocycles. The number of rotatable bonds is 4. The van der Waals surface area contributed by atoms with E-state index in [-0.39, 0.29) is 0 Å². The molecule has 1 saturated heterocycles. The number of likely N-dealkylation sites (tertiary alicyclic amines) is 1. The molecule has 0 aromatic carbocycles. The molecule has 0 aromatic heterocycles. The number of likely N-dealkylation sites (N-methyl/N-ethyl adjacent to an activating group) is 1. The summed E-state index contributed by atoms with van der Waals surface area (Å²) in [4.78, 5) is 2.67. The molecule has 0 bridgehead atoms. The third kappa shape index (κ3) is 2.71. The summed E-state index contributed by atoms with van der Waals surface area (Å²) in [5, 5.41) is 3.58. The van der Waals surface area contributed by atoms with Crippen LogP contribution in [0.5, 0.6) is 0 Å².